The molecule has 0 bridgehead atoms. The van der Waals surface area contributed by atoms with Crippen molar-refractivity contribution in [3.05, 3.63) is 54.2 Å². The summed E-state index contributed by atoms with van der Waals surface area (Å²) in [7, 11) is 1.69. The summed E-state index contributed by atoms with van der Waals surface area (Å²) in [5, 5.41) is 5.31. The van der Waals surface area contributed by atoms with Gasteiger partial charge < -0.3 is 4.74 Å². The van der Waals surface area contributed by atoms with Crippen molar-refractivity contribution in [3.63, 3.8) is 0 Å². The fourth-order valence-electron chi connectivity index (χ4n) is 2.21. The van der Waals surface area contributed by atoms with Gasteiger partial charge in [-0.3, -0.25) is 4.99 Å². The first-order valence-corrected chi connectivity index (χ1v) is 6.72. The van der Waals surface area contributed by atoms with Gasteiger partial charge in [-0.2, -0.15) is 5.10 Å². The zero-order valence-corrected chi connectivity index (χ0v) is 12.1. The van der Waals surface area contributed by atoms with Crippen molar-refractivity contribution in [3.8, 4) is 11.4 Å². The minimum absolute atomic E-state index is 0.264. The number of rotatable bonds is 3. The van der Waals surface area contributed by atoms with Gasteiger partial charge in [0, 0.05) is 24.8 Å². The molecule has 0 atom stereocenters. The highest BCUT2D eigenvalue weighted by molar-refractivity contribution is 5.88. The van der Waals surface area contributed by atoms with E-state index in [4.69, 9.17) is 0 Å². The van der Waals surface area contributed by atoms with Crippen LogP contribution in [0.1, 0.15) is 5.56 Å². The van der Waals surface area contributed by atoms with Crippen LogP contribution in [0.15, 0.2) is 53.7 Å². The molecule has 0 saturated carbocycles. The highest BCUT2D eigenvalue weighted by atomic mass is 19.4. The lowest BCUT2D eigenvalue weighted by Crippen LogP contribution is -2.17. The molecular weight excluding hydrogens is 307 g/mol. The van der Waals surface area contributed by atoms with Crippen LogP contribution < -0.4 is 4.74 Å². The number of fused-ring (bicyclic) bond motifs is 1. The van der Waals surface area contributed by atoms with Crippen LogP contribution in [0.4, 0.5) is 13.2 Å². The molecule has 0 radical (unpaired) electrons. The molecule has 2 aromatic carbocycles. The number of hydrogen-bond acceptors (Lipinski definition) is 3. The van der Waals surface area contributed by atoms with Crippen LogP contribution in [-0.2, 0) is 0 Å². The Morgan fingerprint density at radius 2 is 1.87 bits per heavy atom. The number of nitrogens with zero attached hydrogens (tertiary/aromatic N) is 3. The molecule has 118 valence electrons. The summed E-state index contributed by atoms with van der Waals surface area (Å²) in [5.41, 5.74) is 2.38. The Balaban J connectivity index is 1.90. The van der Waals surface area contributed by atoms with E-state index in [2.05, 4.69) is 14.8 Å². The molecule has 0 spiro atoms. The van der Waals surface area contributed by atoms with E-state index in [1.807, 2.05) is 24.4 Å². The number of ether oxygens (including phenoxy) is 1. The molecule has 0 amide bonds. The summed E-state index contributed by atoms with van der Waals surface area (Å²) < 4.78 is 41.9. The topological polar surface area (TPSA) is 39.4 Å². The molecule has 7 heteroatoms. The highest BCUT2D eigenvalue weighted by Gasteiger charge is 2.30. The van der Waals surface area contributed by atoms with Gasteiger partial charge in [-0.05, 0) is 42.0 Å². The van der Waals surface area contributed by atoms with Gasteiger partial charge in [-0.15, -0.1) is 13.2 Å². The average molecular weight is 319 g/mol. The third-order valence-electron chi connectivity index (χ3n) is 3.14. The monoisotopic (exact) mass is 319 g/mol. The molecule has 3 rings (SSSR count). The van der Waals surface area contributed by atoms with E-state index in [9.17, 15) is 13.2 Å². The average Bonchev–Trinajstić information content (AvgIpc) is 2.90. The van der Waals surface area contributed by atoms with E-state index < -0.39 is 6.36 Å². The lowest BCUT2D eigenvalue weighted by Gasteiger charge is -2.09. The predicted octanol–water partition coefficient (Wildman–Crippen LogP) is 3.97. The Bertz CT molecular complexity index is 851. The second-order valence-corrected chi connectivity index (χ2v) is 4.82. The molecule has 0 aliphatic carbocycles. The Labute approximate surface area is 129 Å². The predicted molar refractivity (Wildman–Crippen MR) is 81.3 cm³/mol. The molecule has 1 aromatic heterocycles. The molecule has 0 fully saturated rings. The van der Waals surface area contributed by atoms with Crippen LogP contribution in [-0.4, -0.2) is 29.4 Å². The maximum Gasteiger partial charge on any atom is 0.573 e. The minimum Gasteiger partial charge on any atom is -0.406 e. The molecular formula is C16H12F3N3O. The number of aliphatic imine (C=N–C) groups is 1. The van der Waals surface area contributed by atoms with Crippen molar-refractivity contribution in [1.29, 1.82) is 0 Å². The van der Waals surface area contributed by atoms with E-state index in [-0.39, 0.29) is 5.75 Å². The first-order chi connectivity index (χ1) is 10.9. The van der Waals surface area contributed by atoms with E-state index in [0.717, 1.165) is 16.5 Å². The zero-order valence-electron chi connectivity index (χ0n) is 12.1. The Morgan fingerprint density at radius 3 is 2.52 bits per heavy atom. The number of hydrogen-bond donors (Lipinski definition) is 0. The van der Waals surface area contributed by atoms with Crippen molar-refractivity contribution < 1.29 is 17.9 Å². The maximum absolute atomic E-state index is 12.2. The van der Waals surface area contributed by atoms with Gasteiger partial charge in [0.2, 0.25) is 0 Å². The van der Waals surface area contributed by atoms with Gasteiger partial charge in [0.1, 0.15) is 5.75 Å². The van der Waals surface area contributed by atoms with Crippen molar-refractivity contribution in [1.82, 2.24) is 9.78 Å². The Morgan fingerprint density at radius 1 is 1.13 bits per heavy atom. The molecule has 0 aliphatic rings. The standard InChI is InChI=1S/C16H12F3N3O/c1-20-9-11-2-7-15-12(8-11)10-22(21-15)13-3-5-14(6-4-13)23-16(17,18)19/h2-10H,1H3/b20-9+. The third-order valence-corrected chi connectivity index (χ3v) is 3.14. The molecule has 3 aromatic rings. The zero-order chi connectivity index (χ0) is 16.4. The van der Waals surface area contributed by atoms with Crippen LogP contribution in [0.25, 0.3) is 16.6 Å². The summed E-state index contributed by atoms with van der Waals surface area (Å²) in [6.45, 7) is 0. The van der Waals surface area contributed by atoms with Gasteiger partial charge >= 0.3 is 6.36 Å². The molecule has 0 aliphatic heterocycles. The van der Waals surface area contributed by atoms with Crippen LogP contribution in [0.5, 0.6) is 5.75 Å². The molecule has 0 N–H and O–H groups in total. The third kappa shape index (κ3) is 3.50. The van der Waals surface area contributed by atoms with Crippen LogP contribution in [0, 0.1) is 0 Å². The summed E-state index contributed by atoms with van der Waals surface area (Å²) in [6.07, 6.45) is -1.15. The van der Waals surface area contributed by atoms with Crippen LogP contribution in [0.3, 0.4) is 0 Å². The quantitative estimate of drug-likeness (QED) is 0.685. The number of aromatic nitrogens is 2. The minimum atomic E-state index is -4.70. The Kier molecular flexibility index (Phi) is 3.77. The number of benzene rings is 2. The molecule has 23 heavy (non-hydrogen) atoms. The maximum atomic E-state index is 12.2. The number of halogens is 3. The lowest BCUT2D eigenvalue weighted by atomic mass is 10.2. The first kappa shape index (κ1) is 15.1. The lowest BCUT2D eigenvalue weighted by molar-refractivity contribution is -0.274. The van der Waals surface area contributed by atoms with Crippen molar-refractivity contribution >= 4 is 17.1 Å². The second kappa shape index (κ2) is 5.75. The van der Waals surface area contributed by atoms with Crippen LogP contribution >= 0.6 is 0 Å². The largest absolute Gasteiger partial charge is 0.573 e. The Hall–Kier alpha value is -2.83. The summed E-state index contributed by atoms with van der Waals surface area (Å²) in [6, 6.07) is 11.2. The van der Waals surface area contributed by atoms with Gasteiger partial charge in [0.05, 0.1) is 11.2 Å². The fourth-order valence-corrected chi connectivity index (χ4v) is 2.21. The molecule has 0 unspecified atom stereocenters. The van der Waals surface area contributed by atoms with Gasteiger partial charge in [0.15, 0.2) is 0 Å². The van der Waals surface area contributed by atoms with Gasteiger partial charge in [0.25, 0.3) is 0 Å². The molecule has 4 nitrogen and oxygen atoms in total. The van der Waals surface area contributed by atoms with E-state index in [1.165, 1.54) is 24.3 Å². The van der Waals surface area contributed by atoms with Crippen molar-refractivity contribution in [2.75, 3.05) is 7.05 Å². The van der Waals surface area contributed by atoms with Crippen molar-refractivity contribution in [2.45, 2.75) is 6.36 Å². The number of alkyl halides is 3. The molecule has 0 saturated heterocycles. The van der Waals surface area contributed by atoms with E-state index >= 15 is 0 Å². The molecule has 1 heterocycles. The summed E-state index contributed by atoms with van der Waals surface area (Å²) >= 11 is 0. The normalized spacial score (nSPS) is 12.2. The second-order valence-electron chi connectivity index (χ2n) is 4.82. The van der Waals surface area contributed by atoms with Crippen molar-refractivity contribution in [2.24, 2.45) is 4.99 Å². The summed E-state index contributed by atoms with van der Waals surface area (Å²) in [5.74, 6) is -0.264. The highest BCUT2D eigenvalue weighted by Crippen LogP contribution is 2.24. The fraction of sp³-hybridized carbons (Fsp3) is 0.125. The van der Waals surface area contributed by atoms with Gasteiger partial charge in [-0.25, -0.2) is 4.68 Å². The van der Waals surface area contributed by atoms with Gasteiger partial charge in [-0.1, -0.05) is 6.07 Å². The summed E-state index contributed by atoms with van der Waals surface area (Å²) in [4.78, 5) is 3.96. The van der Waals surface area contributed by atoms with E-state index in [0.29, 0.717) is 5.69 Å². The smallest absolute Gasteiger partial charge is 0.406 e. The van der Waals surface area contributed by atoms with E-state index in [1.54, 1.807) is 17.9 Å². The first-order valence-electron chi connectivity index (χ1n) is 6.72. The van der Waals surface area contributed by atoms with Crippen LogP contribution in [0.2, 0.25) is 0 Å². The SMILES string of the molecule is C/N=C/c1ccc2nn(-c3ccc(OC(F)(F)F)cc3)cc2c1.